The average Bonchev–Trinajstić information content (AvgIpc) is 0. The minimum atomic E-state index is 0. The molecule has 0 saturated carbocycles. The molecule has 5 heavy (non-hydrogen) atoms. The van der Waals surface area contributed by atoms with E-state index in [2.05, 4.69) is 0 Å². The Morgan fingerprint density at radius 3 is 0.600 bits per heavy atom. The maximum Gasteiger partial charge on any atom is 2.00 e. The molecule has 0 aliphatic rings. The molecule has 0 saturated heterocycles. The van der Waals surface area contributed by atoms with Crippen molar-refractivity contribution in [1.82, 2.24) is 0 Å². The van der Waals surface area contributed by atoms with Crippen molar-refractivity contribution in [2.24, 2.45) is 0 Å². The molecule has 0 amide bonds. The van der Waals surface area contributed by atoms with Crippen molar-refractivity contribution in [2.45, 2.75) is 0 Å². The van der Waals surface area contributed by atoms with Crippen LogP contribution >= 0.6 is 0 Å². The molecule has 0 aliphatic heterocycles. The van der Waals surface area contributed by atoms with E-state index in [9.17, 15) is 0 Å². The Kier molecular flexibility index (Phi) is 1200. The van der Waals surface area contributed by atoms with E-state index in [0.717, 1.165) is 0 Å². The first-order chi connectivity index (χ1) is 0. The Balaban J connectivity index is 0. The summed E-state index contributed by atoms with van der Waals surface area (Å²) >= 11 is 0. The molecule has 0 aromatic rings. The number of hydrogen-bond donors (Lipinski definition) is 0. The fourth-order valence-corrected chi connectivity index (χ4v) is 0. The Bertz CT molecular complexity index is 6.85. The Labute approximate surface area is 59.9 Å². The molecule has 0 spiro atoms. The third kappa shape index (κ3) is 33.9. The van der Waals surface area contributed by atoms with Crippen LogP contribution in [0.15, 0.2) is 0 Å². The SMILES string of the molecule is [Mg+2].[O-2].[O-2].[O-2].[Re]. The van der Waals surface area contributed by atoms with Gasteiger partial charge in [0, 0.05) is 20.4 Å². The van der Waals surface area contributed by atoms with Crippen LogP contribution in [0.3, 0.4) is 0 Å². The van der Waals surface area contributed by atoms with Crippen LogP contribution in [0.5, 0.6) is 0 Å². The molecule has 0 heterocycles. The topological polar surface area (TPSA) is 85.5 Å². The molecular formula is MgO3Re-4. The molecule has 0 aromatic carbocycles. The van der Waals surface area contributed by atoms with Crippen LogP contribution in [0.2, 0.25) is 0 Å². The predicted molar refractivity (Wildman–Crippen MR) is 7.81 cm³/mol. The smallest absolute Gasteiger partial charge is 2.00 e. The molecule has 0 aliphatic carbocycles. The first kappa shape index (κ1) is 104. The molecule has 0 bridgehead atoms. The molecule has 0 N–H and O–H groups in total. The molecule has 0 unspecified atom stereocenters. The van der Waals surface area contributed by atoms with Crippen molar-refractivity contribution in [1.29, 1.82) is 0 Å². The van der Waals surface area contributed by atoms with Crippen molar-refractivity contribution < 1.29 is 36.9 Å². The summed E-state index contributed by atoms with van der Waals surface area (Å²) < 4.78 is 0. The van der Waals surface area contributed by atoms with Gasteiger partial charge in [-0.2, -0.15) is 0 Å². The van der Waals surface area contributed by atoms with Gasteiger partial charge in [-0.15, -0.1) is 0 Å². The van der Waals surface area contributed by atoms with Gasteiger partial charge in [-0.3, -0.25) is 0 Å². The van der Waals surface area contributed by atoms with Gasteiger partial charge in [0.1, 0.15) is 0 Å². The molecule has 0 fully saturated rings. The summed E-state index contributed by atoms with van der Waals surface area (Å²) in [6.07, 6.45) is 0. The van der Waals surface area contributed by atoms with E-state index in [1.165, 1.54) is 0 Å². The van der Waals surface area contributed by atoms with E-state index in [1.807, 2.05) is 0 Å². The predicted octanol–water partition coefficient (Wildman–Crippen LogP) is -0.740. The summed E-state index contributed by atoms with van der Waals surface area (Å²) in [5, 5.41) is 0. The van der Waals surface area contributed by atoms with Gasteiger partial charge in [0.15, 0.2) is 0 Å². The summed E-state index contributed by atoms with van der Waals surface area (Å²) in [5.41, 5.74) is 0. The van der Waals surface area contributed by atoms with E-state index < -0.39 is 0 Å². The summed E-state index contributed by atoms with van der Waals surface area (Å²) in [6, 6.07) is 0. The summed E-state index contributed by atoms with van der Waals surface area (Å²) in [5.74, 6) is 0. The molecule has 0 atom stereocenters. The Hall–Kier alpha value is 1.31. The van der Waals surface area contributed by atoms with E-state index >= 15 is 0 Å². The standard InChI is InChI=1S/Mg.3O.Re/q+2;3*-2;. The summed E-state index contributed by atoms with van der Waals surface area (Å²) in [7, 11) is 0. The molecule has 5 heteroatoms. The maximum atomic E-state index is 0. The summed E-state index contributed by atoms with van der Waals surface area (Å²) in [4.78, 5) is 0. The van der Waals surface area contributed by atoms with Crippen molar-refractivity contribution in [3.05, 3.63) is 0 Å². The van der Waals surface area contributed by atoms with Crippen LogP contribution in [0, 0.1) is 0 Å². The largest absolute Gasteiger partial charge is 2.00 e. The quantitative estimate of drug-likeness (QED) is 0.513. The second-order valence-corrected chi connectivity index (χ2v) is 0. The molecule has 0 rings (SSSR count). The van der Waals surface area contributed by atoms with Gasteiger partial charge >= 0.3 is 23.1 Å². The number of hydrogen-bond acceptors (Lipinski definition) is 0. The van der Waals surface area contributed by atoms with Gasteiger partial charge in [-0.05, 0) is 0 Å². The van der Waals surface area contributed by atoms with E-state index in [4.69, 9.17) is 0 Å². The fraction of sp³-hybridized carbons (Fsp3) is 0. The van der Waals surface area contributed by atoms with E-state index in [-0.39, 0.29) is 59.9 Å². The molecule has 1 radical (unpaired) electrons. The van der Waals surface area contributed by atoms with E-state index in [0.29, 0.717) is 0 Å². The van der Waals surface area contributed by atoms with Gasteiger partial charge in [0.05, 0.1) is 0 Å². The zero-order chi connectivity index (χ0) is 0. The van der Waals surface area contributed by atoms with Crippen molar-refractivity contribution in [2.75, 3.05) is 0 Å². The minimum Gasteiger partial charge on any atom is -2.00 e. The minimum absolute atomic E-state index is 0. The normalized spacial score (nSPS) is 0. The second-order valence-electron chi connectivity index (χ2n) is 0. The maximum absolute atomic E-state index is 0. The van der Waals surface area contributed by atoms with Crippen LogP contribution < -0.4 is 0 Å². The van der Waals surface area contributed by atoms with Crippen molar-refractivity contribution >= 4 is 23.1 Å². The van der Waals surface area contributed by atoms with Crippen LogP contribution in [0.1, 0.15) is 0 Å². The van der Waals surface area contributed by atoms with Crippen molar-refractivity contribution in [3.63, 3.8) is 0 Å². The first-order valence-corrected chi connectivity index (χ1v) is 0. The summed E-state index contributed by atoms with van der Waals surface area (Å²) in [6.45, 7) is 0. The van der Waals surface area contributed by atoms with Gasteiger partial charge in [-0.25, -0.2) is 0 Å². The monoisotopic (exact) mass is 259 g/mol. The second kappa shape index (κ2) is 57.6. The zero-order valence-corrected chi connectivity index (χ0v) is 6.44. The molecular weight excluding hydrogens is 259 g/mol. The van der Waals surface area contributed by atoms with Crippen LogP contribution in [0.25, 0.3) is 0 Å². The van der Waals surface area contributed by atoms with Gasteiger partial charge in [-0.1, -0.05) is 0 Å². The fourth-order valence-electron chi connectivity index (χ4n) is 0. The Morgan fingerprint density at radius 2 is 0.600 bits per heavy atom. The van der Waals surface area contributed by atoms with Crippen molar-refractivity contribution in [3.8, 4) is 0 Å². The van der Waals surface area contributed by atoms with Crippen LogP contribution in [-0.4, -0.2) is 23.1 Å². The molecule has 3 nitrogen and oxygen atoms in total. The third-order valence-electron chi connectivity index (χ3n) is 0. The van der Waals surface area contributed by atoms with Gasteiger partial charge in [0.25, 0.3) is 0 Å². The molecule has 0 aromatic heterocycles. The van der Waals surface area contributed by atoms with E-state index in [1.54, 1.807) is 0 Å². The first-order valence-electron chi connectivity index (χ1n) is 0. The Morgan fingerprint density at radius 1 is 0.600 bits per heavy atom. The average molecular weight is 259 g/mol. The zero-order valence-electron chi connectivity index (χ0n) is 2.31. The third-order valence-corrected chi connectivity index (χ3v) is 0. The van der Waals surface area contributed by atoms with Gasteiger partial charge in [0.2, 0.25) is 0 Å². The van der Waals surface area contributed by atoms with Gasteiger partial charge < -0.3 is 16.4 Å². The number of rotatable bonds is 0. The molecule has 31 valence electrons. The van der Waals surface area contributed by atoms with Crippen LogP contribution in [0.4, 0.5) is 0 Å². The van der Waals surface area contributed by atoms with Crippen LogP contribution in [-0.2, 0) is 36.9 Å².